The van der Waals surface area contributed by atoms with Crippen molar-refractivity contribution < 1.29 is 12.6 Å². The van der Waals surface area contributed by atoms with Crippen LogP contribution in [0.4, 0.5) is 0 Å². The molecule has 1 aromatic heterocycles. The molecule has 10 heteroatoms. The normalized spacial score (nSPS) is 20.4. The topological polar surface area (TPSA) is 57.7 Å². The number of hydrogen-bond donors (Lipinski definition) is 0. The predicted octanol–water partition coefficient (Wildman–Crippen LogP) is 6.00. The van der Waals surface area contributed by atoms with Gasteiger partial charge in [-0.15, -0.1) is 11.3 Å². The third-order valence-electron chi connectivity index (χ3n) is 7.77. The average Bonchev–Trinajstić information content (AvgIpc) is 3.53. The smallest absolute Gasteiger partial charge is 0.252 e. The molecular formula is C27H30Cl2N2O3S3. The Hall–Kier alpha value is -1.26. The molecule has 1 spiro atoms. The first kappa shape index (κ1) is 27.3. The van der Waals surface area contributed by atoms with Crippen LogP contribution in [-0.2, 0) is 26.2 Å². The summed E-state index contributed by atoms with van der Waals surface area (Å²) in [6.45, 7) is 3.06. The van der Waals surface area contributed by atoms with Gasteiger partial charge in [-0.05, 0) is 85.6 Å². The molecule has 5 rings (SSSR count). The maximum atomic E-state index is 13.1. The molecule has 3 aromatic rings. The van der Waals surface area contributed by atoms with Crippen LogP contribution < -0.4 is 0 Å². The van der Waals surface area contributed by atoms with Crippen LogP contribution in [0.2, 0.25) is 10.0 Å². The van der Waals surface area contributed by atoms with E-state index in [0.29, 0.717) is 20.8 Å². The molecule has 0 N–H and O–H groups in total. The Bertz CT molecular complexity index is 1390. The van der Waals surface area contributed by atoms with Gasteiger partial charge < -0.3 is 4.90 Å². The summed E-state index contributed by atoms with van der Waals surface area (Å²) in [6.07, 6.45) is 2.76. The number of rotatable bonds is 8. The molecule has 2 atom stereocenters. The summed E-state index contributed by atoms with van der Waals surface area (Å²) in [5.74, 6) is 0.683. The molecule has 0 radical (unpaired) electrons. The minimum Gasteiger partial charge on any atom is -0.303 e. The lowest BCUT2D eigenvalue weighted by Gasteiger charge is -2.40. The molecule has 3 heterocycles. The maximum Gasteiger partial charge on any atom is 0.252 e. The van der Waals surface area contributed by atoms with E-state index in [1.54, 1.807) is 30.6 Å². The number of sulfonamides is 1. The lowest BCUT2D eigenvalue weighted by atomic mass is 9.74. The van der Waals surface area contributed by atoms with E-state index in [0.717, 1.165) is 55.1 Å². The highest BCUT2D eigenvalue weighted by Crippen LogP contribution is 2.45. The molecule has 198 valence electrons. The summed E-state index contributed by atoms with van der Waals surface area (Å²) >= 11 is 13.7. The van der Waals surface area contributed by atoms with Crippen molar-refractivity contribution in [2.24, 2.45) is 0 Å². The monoisotopic (exact) mass is 596 g/mol. The summed E-state index contributed by atoms with van der Waals surface area (Å²) < 4.78 is 40.8. The number of hydrogen-bond acceptors (Lipinski definition) is 5. The van der Waals surface area contributed by atoms with Crippen LogP contribution in [0.3, 0.4) is 0 Å². The summed E-state index contributed by atoms with van der Waals surface area (Å²) in [5, 5.41) is 2.73. The van der Waals surface area contributed by atoms with E-state index >= 15 is 0 Å². The highest BCUT2D eigenvalue weighted by atomic mass is 35.5. The predicted molar refractivity (Wildman–Crippen MR) is 153 cm³/mol. The quantitative estimate of drug-likeness (QED) is 0.320. The third kappa shape index (κ3) is 5.57. The van der Waals surface area contributed by atoms with Gasteiger partial charge in [-0.2, -0.15) is 4.31 Å². The Kier molecular flexibility index (Phi) is 8.18. The van der Waals surface area contributed by atoms with Crippen molar-refractivity contribution in [3.8, 4) is 0 Å². The van der Waals surface area contributed by atoms with Gasteiger partial charge >= 0.3 is 0 Å². The van der Waals surface area contributed by atoms with E-state index in [-0.39, 0.29) is 11.3 Å². The summed E-state index contributed by atoms with van der Waals surface area (Å²) in [6, 6.07) is 17.2. The molecule has 2 aromatic carbocycles. The third-order valence-corrected chi connectivity index (χ3v) is 13.4. The van der Waals surface area contributed by atoms with Gasteiger partial charge in [-0.1, -0.05) is 53.5 Å². The average molecular weight is 598 g/mol. The van der Waals surface area contributed by atoms with Gasteiger partial charge in [0, 0.05) is 29.7 Å². The van der Waals surface area contributed by atoms with E-state index in [1.165, 1.54) is 21.2 Å². The van der Waals surface area contributed by atoms with Crippen LogP contribution in [0.15, 0.2) is 69.1 Å². The SMILES string of the molecule is CN(C[C@@H](CCN1CCC2(CC1)CS(=O)c1ccccc12)c1ccc(Cl)c(Cl)c1)S(=O)(=O)c1cccs1. The zero-order valence-corrected chi connectivity index (χ0v) is 24.6. The second-order valence-electron chi connectivity index (χ2n) is 9.98. The Morgan fingerprint density at radius 1 is 1.08 bits per heavy atom. The number of benzene rings is 2. The molecule has 1 unspecified atom stereocenters. The Morgan fingerprint density at radius 3 is 2.54 bits per heavy atom. The van der Waals surface area contributed by atoms with Crippen LogP contribution >= 0.6 is 34.5 Å². The number of nitrogens with zero attached hydrogens (tertiary/aromatic N) is 2. The van der Waals surface area contributed by atoms with E-state index in [4.69, 9.17) is 23.2 Å². The van der Waals surface area contributed by atoms with Gasteiger partial charge in [-0.25, -0.2) is 8.42 Å². The molecule has 0 saturated carbocycles. The molecule has 0 amide bonds. The summed E-state index contributed by atoms with van der Waals surface area (Å²) in [4.78, 5) is 3.46. The fourth-order valence-corrected chi connectivity index (χ4v) is 10.2. The van der Waals surface area contributed by atoms with Gasteiger partial charge in [0.1, 0.15) is 4.21 Å². The van der Waals surface area contributed by atoms with E-state index in [9.17, 15) is 12.6 Å². The Balaban J connectivity index is 1.28. The minimum absolute atomic E-state index is 0.00998. The fourth-order valence-electron chi connectivity index (χ4n) is 5.57. The molecule has 1 saturated heterocycles. The minimum atomic E-state index is -3.56. The molecule has 5 nitrogen and oxygen atoms in total. The zero-order chi connectivity index (χ0) is 26.2. The van der Waals surface area contributed by atoms with E-state index in [2.05, 4.69) is 17.0 Å². The molecule has 2 aliphatic rings. The molecule has 0 bridgehead atoms. The lowest BCUT2D eigenvalue weighted by Crippen LogP contribution is -2.44. The van der Waals surface area contributed by atoms with Crippen molar-refractivity contribution in [1.29, 1.82) is 0 Å². The van der Waals surface area contributed by atoms with Gasteiger partial charge in [0.2, 0.25) is 0 Å². The number of halogens is 2. The van der Waals surface area contributed by atoms with E-state index in [1.807, 2.05) is 24.3 Å². The molecule has 0 aliphatic carbocycles. The largest absolute Gasteiger partial charge is 0.303 e. The van der Waals surface area contributed by atoms with Crippen LogP contribution in [0.5, 0.6) is 0 Å². The first-order valence-corrected chi connectivity index (χ1v) is 16.7. The number of piperidine rings is 1. The molecule has 37 heavy (non-hydrogen) atoms. The fraction of sp³-hybridized carbons (Fsp3) is 0.407. The molecular weight excluding hydrogens is 567 g/mol. The van der Waals surface area contributed by atoms with Crippen molar-refractivity contribution in [1.82, 2.24) is 9.21 Å². The highest BCUT2D eigenvalue weighted by molar-refractivity contribution is 7.91. The number of likely N-dealkylation sites (N-methyl/N-ethyl adjacent to an activating group) is 1. The van der Waals surface area contributed by atoms with Crippen molar-refractivity contribution in [3.63, 3.8) is 0 Å². The maximum absolute atomic E-state index is 13.1. The van der Waals surface area contributed by atoms with Crippen LogP contribution in [0.25, 0.3) is 0 Å². The van der Waals surface area contributed by atoms with Gasteiger partial charge in [0.15, 0.2) is 0 Å². The van der Waals surface area contributed by atoms with Crippen molar-refractivity contribution in [3.05, 3.63) is 81.1 Å². The van der Waals surface area contributed by atoms with Gasteiger partial charge in [-0.3, -0.25) is 4.21 Å². The second kappa shape index (κ2) is 11.1. The van der Waals surface area contributed by atoms with Crippen molar-refractivity contribution >= 4 is 55.4 Å². The van der Waals surface area contributed by atoms with Crippen LogP contribution in [-0.4, -0.2) is 60.8 Å². The standard InChI is InChI=1S/C27H30Cl2N2O3S3/c1-30(37(33,34)26-7-4-16-35-26)18-21(20-8-9-23(28)24(29)17-20)10-13-31-14-11-27(12-15-31)19-36(32)25-6-3-2-5-22(25)27/h2-9,16-17,21H,10-15,18-19H2,1H3/t21-,36?/m1/s1. The zero-order valence-electron chi connectivity index (χ0n) is 20.6. The first-order chi connectivity index (χ1) is 17.7. The van der Waals surface area contributed by atoms with Crippen LogP contribution in [0.1, 0.15) is 36.3 Å². The first-order valence-electron chi connectivity index (χ1n) is 12.3. The van der Waals surface area contributed by atoms with Crippen molar-refractivity contribution in [2.45, 2.75) is 39.7 Å². The Morgan fingerprint density at radius 2 is 1.84 bits per heavy atom. The molecule has 2 aliphatic heterocycles. The summed E-state index contributed by atoms with van der Waals surface area (Å²) in [5.41, 5.74) is 2.26. The number of thiophene rings is 1. The highest BCUT2D eigenvalue weighted by Gasteiger charge is 2.44. The molecule has 1 fully saturated rings. The number of likely N-dealkylation sites (tertiary alicyclic amines) is 1. The van der Waals surface area contributed by atoms with Crippen LogP contribution in [0, 0.1) is 0 Å². The summed E-state index contributed by atoms with van der Waals surface area (Å²) in [7, 11) is -2.84. The van der Waals surface area contributed by atoms with Crippen molar-refractivity contribution in [2.75, 3.05) is 39.0 Å². The number of fused-ring (bicyclic) bond motifs is 2. The van der Waals surface area contributed by atoms with E-state index < -0.39 is 20.8 Å². The Labute approximate surface area is 235 Å². The lowest BCUT2D eigenvalue weighted by molar-refractivity contribution is 0.165. The second-order valence-corrected chi connectivity index (χ2v) is 15.4. The van der Waals surface area contributed by atoms with Gasteiger partial charge in [0.25, 0.3) is 10.0 Å². The van der Waals surface area contributed by atoms with Gasteiger partial charge in [0.05, 0.1) is 20.8 Å².